The van der Waals surface area contributed by atoms with E-state index in [1.165, 1.54) is 25.7 Å². The van der Waals surface area contributed by atoms with Crippen molar-refractivity contribution in [1.29, 1.82) is 0 Å². The van der Waals surface area contributed by atoms with Gasteiger partial charge in [0.05, 0.1) is 12.2 Å². The average Bonchev–Trinajstić information content (AvgIpc) is 2.92. The van der Waals surface area contributed by atoms with Crippen LogP contribution in [0.3, 0.4) is 0 Å². The van der Waals surface area contributed by atoms with Gasteiger partial charge in [0, 0.05) is 10.9 Å². The predicted molar refractivity (Wildman–Crippen MR) is 81.7 cm³/mol. The van der Waals surface area contributed by atoms with E-state index in [0.29, 0.717) is 12.6 Å². The molecule has 2 rings (SSSR count). The molecule has 19 heavy (non-hydrogen) atoms. The molecule has 2 N–H and O–H groups in total. The van der Waals surface area contributed by atoms with E-state index in [4.69, 9.17) is 0 Å². The van der Waals surface area contributed by atoms with E-state index in [2.05, 4.69) is 17.6 Å². The maximum atomic E-state index is 11.9. The summed E-state index contributed by atoms with van der Waals surface area (Å²) in [6.07, 6.45) is 4.98. The molecule has 0 atom stereocenters. The van der Waals surface area contributed by atoms with Gasteiger partial charge in [-0.15, -0.1) is 11.8 Å². The second-order valence-corrected chi connectivity index (χ2v) is 6.15. The predicted octanol–water partition coefficient (Wildman–Crippen LogP) is 3.27. The highest BCUT2D eigenvalue weighted by atomic mass is 32.2. The molecular formula is C15H22N2OS. The number of carbonyl (C=O) groups is 1. The van der Waals surface area contributed by atoms with Crippen LogP contribution >= 0.6 is 11.8 Å². The minimum atomic E-state index is 0.0519. The van der Waals surface area contributed by atoms with Gasteiger partial charge in [-0.1, -0.05) is 31.9 Å². The first-order valence-corrected chi connectivity index (χ1v) is 8.03. The van der Waals surface area contributed by atoms with Gasteiger partial charge in [0.15, 0.2) is 0 Å². The van der Waals surface area contributed by atoms with Crippen LogP contribution in [-0.2, 0) is 4.79 Å². The third-order valence-electron chi connectivity index (χ3n) is 3.37. The van der Waals surface area contributed by atoms with Crippen molar-refractivity contribution < 1.29 is 4.79 Å². The second kappa shape index (κ2) is 7.56. The Morgan fingerprint density at radius 1 is 1.32 bits per heavy atom. The van der Waals surface area contributed by atoms with Gasteiger partial charge in [0.2, 0.25) is 5.91 Å². The molecule has 1 aliphatic rings. The summed E-state index contributed by atoms with van der Waals surface area (Å²) in [5.74, 6) is 1.06. The fourth-order valence-electron chi connectivity index (χ4n) is 2.41. The number of thioether (sulfide) groups is 1. The zero-order chi connectivity index (χ0) is 13.5. The quantitative estimate of drug-likeness (QED) is 0.785. The molecule has 1 fully saturated rings. The summed E-state index contributed by atoms with van der Waals surface area (Å²) in [5, 5.41) is 6.33. The van der Waals surface area contributed by atoms with Crippen LogP contribution in [-0.4, -0.2) is 24.2 Å². The van der Waals surface area contributed by atoms with E-state index in [-0.39, 0.29) is 5.91 Å². The van der Waals surface area contributed by atoms with Crippen molar-refractivity contribution in [3.05, 3.63) is 24.3 Å². The van der Waals surface area contributed by atoms with Gasteiger partial charge in [-0.05, 0) is 30.7 Å². The Labute approximate surface area is 119 Å². The zero-order valence-corrected chi connectivity index (χ0v) is 12.3. The van der Waals surface area contributed by atoms with E-state index in [1.54, 1.807) is 11.8 Å². The van der Waals surface area contributed by atoms with Crippen molar-refractivity contribution >= 4 is 23.4 Å². The maximum absolute atomic E-state index is 11.9. The molecule has 0 aromatic heterocycles. The number of para-hydroxylation sites is 1. The monoisotopic (exact) mass is 278 g/mol. The average molecular weight is 278 g/mol. The van der Waals surface area contributed by atoms with Gasteiger partial charge < -0.3 is 10.6 Å². The summed E-state index contributed by atoms with van der Waals surface area (Å²) in [7, 11) is 0. The SMILES string of the molecule is CCSc1ccccc1NC(=O)CNC1CCCC1. The molecule has 1 aromatic rings. The molecule has 0 unspecified atom stereocenters. The summed E-state index contributed by atoms with van der Waals surface area (Å²) < 4.78 is 0. The fourth-order valence-corrected chi connectivity index (χ4v) is 3.17. The van der Waals surface area contributed by atoms with Gasteiger partial charge in [-0.3, -0.25) is 4.79 Å². The number of rotatable bonds is 6. The molecule has 0 saturated heterocycles. The van der Waals surface area contributed by atoms with Gasteiger partial charge >= 0.3 is 0 Å². The number of benzene rings is 1. The normalized spacial score (nSPS) is 15.6. The van der Waals surface area contributed by atoms with Crippen LogP contribution in [0.1, 0.15) is 32.6 Å². The topological polar surface area (TPSA) is 41.1 Å². The van der Waals surface area contributed by atoms with E-state index < -0.39 is 0 Å². The van der Waals surface area contributed by atoms with E-state index in [9.17, 15) is 4.79 Å². The molecule has 0 bridgehead atoms. The smallest absolute Gasteiger partial charge is 0.238 e. The first kappa shape index (κ1) is 14.4. The molecule has 1 amide bonds. The second-order valence-electron chi connectivity index (χ2n) is 4.84. The molecule has 3 nitrogen and oxygen atoms in total. The van der Waals surface area contributed by atoms with Crippen LogP contribution in [0.15, 0.2) is 29.2 Å². The fraction of sp³-hybridized carbons (Fsp3) is 0.533. The molecule has 0 spiro atoms. The standard InChI is InChI=1S/C15H22N2OS/c1-2-19-14-10-6-5-9-13(14)17-15(18)11-16-12-7-3-4-8-12/h5-6,9-10,12,16H,2-4,7-8,11H2,1H3,(H,17,18). The van der Waals surface area contributed by atoms with Crippen LogP contribution in [0.5, 0.6) is 0 Å². The Kier molecular flexibility index (Phi) is 5.73. The highest BCUT2D eigenvalue weighted by molar-refractivity contribution is 7.99. The third-order valence-corrected chi connectivity index (χ3v) is 4.32. The van der Waals surface area contributed by atoms with Gasteiger partial charge in [0.25, 0.3) is 0 Å². The molecule has 4 heteroatoms. The zero-order valence-electron chi connectivity index (χ0n) is 11.4. The number of amides is 1. The van der Waals surface area contributed by atoms with Crippen molar-refractivity contribution in [2.75, 3.05) is 17.6 Å². The van der Waals surface area contributed by atoms with Crippen LogP contribution in [0.2, 0.25) is 0 Å². The van der Waals surface area contributed by atoms with Crippen LogP contribution in [0.25, 0.3) is 0 Å². The third kappa shape index (κ3) is 4.55. The highest BCUT2D eigenvalue weighted by Crippen LogP contribution is 2.26. The van der Waals surface area contributed by atoms with Crippen molar-refractivity contribution in [2.45, 2.75) is 43.5 Å². The molecule has 1 aromatic carbocycles. The van der Waals surface area contributed by atoms with Crippen molar-refractivity contribution in [3.8, 4) is 0 Å². The number of hydrogen-bond acceptors (Lipinski definition) is 3. The van der Waals surface area contributed by atoms with Crippen LogP contribution in [0, 0.1) is 0 Å². The van der Waals surface area contributed by atoms with Crippen molar-refractivity contribution in [2.24, 2.45) is 0 Å². The number of carbonyl (C=O) groups excluding carboxylic acids is 1. The molecule has 0 heterocycles. The summed E-state index contributed by atoms with van der Waals surface area (Å²) >= 11 is 1.75. The minimum absolute atomic E-state index is 0.0519. The molecular weight excluding hydrogens is 256 g/mol. The van der Waals surface area contributed by atoms with Crippen LogP contribution < -0.4 is 10.6 Å². The summed E-state index contributed by atoms with van der Waals surface area (Å²) in [6.45, 7) is 2.53. The summed E-state index contributed by atoms with van der Waals surface area (Å²) in [4.78, 5) is 13.1. The Morgan fingerprint density at radius 2 is 2.05 bits per heavy atom. The molecule has 1 aliphatic carbocycles. The molecule has 0 aliphatic heterocycles. The largest absolute Gasteiger partial charge is 0.324 e. The first-order chi connectivity index (χ1) is 9.29. The summed E-state index contributed by atoms with van der Waals surface area (Å²) in [5.41, 5.74) is 0.924. The molecule has 1 saturated carbocycles. The number of anilines is 1. The van der Waals surface area contributed by atoms with Gasteiger partial charge in [-0.2, -0.15) is 0 Å². The van der Waals surface area contributed by atoms with E-state index >= 15 is 0 Å². The number of nitrogens with one attached hydrogen (secondary N) is 2. The lowest BCUT2D eigenvalue weighted by Crippen LogP contribution is -2.34. The lowest BCUT2D eigenvalue weighted by atomic mass is 10.2. The van der Waals surface area contributed by atoms with E-state index in [1.807, 2.05) is 24.3 Å². The Balaban J connectivity index is 1.83. The highest BCUT2D eigenvalue weighted by Gasteiger charge is 2.15. The summed E-state index contributed by atoms with van der Waals surface area (Å²) in [6, 6.07) is 8.51. The van der Waals surface area contributed by atoms with Gasteiger partial charge in [-0.25, -0.2) is 0 Å². The van der Waals surface area contributed by atoms with Crippen LogP contribution in [0.4, 0.5) is 5.69 Å². The van der Waals surface area contributed by atoms with Gasteiger partial charge in [0.1, 0.15) is 0 Å². The Hall–Kier alpha value is -1.00. The Bertz CT molecular complexity index is 416. The number of hydrogen-bond donors (Lipinski definition) is 2. The van der Waals surface area contributed by atoms with Crippen molar-refractivity contribution in [3.63, 3.8) is 0 Å². The Morgan fingerprint density at radius 3 is 2.79 bits per heavy atom. The van der Waals surface area contributed by atoms with Crippen molar-refractivity contribution in [1.82, 2.24) is 5.32 Å². The maximum Gasteiger partial charge on any atom is 0.238 e. The minimum Gasteiger partial charge on any atom is -0.324 e. The lowest BCUT2D eigenvalue weighted by Gasteiger charge is -2.13. The molecule has 104 valence electrons. The molecule has 0 radical (unpaired) electrons. The van der Waals surface area contributed by atoms with E-state index in [0.717, 1.165) is 16.3 Å². The first-order valence-electron chi connectivity index (χ1n) is 7.04. The lowest BCUT2D eigenvalue weighted by molar-refractivity contribution is -0.115.